The van der Waals surface area contributed by atoms with Crippen LogP contribution in [0.15, 0.2) is 5.16 Å². The molecule has 11 heteroatoms. The van der Waals surface area contributed by atoms with Gasteiger partial charge in [-0.15, -0.1) is 5.10 Å². The predicted octanol–water partition coefficient (Wildman–Crippen LogP) is 3.17. The highest BCUT2D eigenvalue weighted by atomic mass is 32.2. The number of fused-ring (bicyclic) bond motifs is 1. The van der Waals surface area contributed by atoms with Gasteiger partial charge >= 0.3 is 6.18 Å². The minimum absolute atomic E-state index is 0.0869. The molecule has 0 amide bonds. The van der Waals surface area contributed by atoms with Gasteiger partial charge in [0.2, 0.25) is 0 Å². The fourth-order valence-electron chi connectivity index (χ4n) is 3.34. The lowest BCUT2D eigenvalue weighted by Crippen LogP contribution is -2.11. The fourth-order valence-corrected chi connectivity index (χ4v) is 4.16. The first-order valence-corrected chi connectivity index (χ1v) is 10.1. The van der Waals surface area contributed by atoms with Gasteiger partial charge in [-0.25, -0.2) is 14.6 Å². The van der Waals surface area contributed by atoms with Gasteiger partial charge in [0.25, 0.3) is 0 Å². The largest absolute Gasteiger partial charge is 0.396 e. The van der Waals surface area contributed by atoms with Crippen molar-refractivity contribution in [2.45, 2.75) is 61.9 Å². The molecule has 2 aromatic rings. The number of aliphatic hydroxyl groups is 1. The van der Waals surface area contributed by atoms with Gasteiger partial charge in [-0.2, -0.15) is 13.2 Å². The minimum Gasteiger partial charge on any atom is -0.396 e. The highest BCUT2D eigenvalue weighted by molar-refractivity contribution is 7.99. The molecule has 2 aliphatic carbocycles. The summed E-state index contributed by atoms with van der Waals surface area (Å²) in [6, 6.07) is 0.412. The molecule has 0 aromatic carbocycles. The first-order valence-electron chi connectivity index (χ1n) is 9.13. The molecule has 2 N–H and O–H groups in total. The topological polar surface area (TPSA) is 88.8 Å². The molecule has 2 unspecified atom stereocenters. The van der Waals surface area contributed by atoms with Crippen LogP contribution in [0.4, 0.5) is 19.0 Å². The lowest BCUT2D eigenvalue weighted by atomic mass is 10.1. The number of nitrogens with zero attached hydrogens (tertiary/aromatic N) is 5. The van der Waals surface area contributed by atoms with E-state index in [9.17, 15) is 18.3 Å². The number of nitrogens with one attached hydrogen (secondary N) is 1. The van der Waals surface area contributed by atoms with Crippen LogP contribution < -0.4 is 5.32 Å². The van der Waals surface area contributed by atoms with E-state index in [-0.39, 0.29) is 24.3 Å². The van der Waals surface area contributed by atoms with Gasteiger partial charge in [0.1, 0.15) is 0 Å². The quantitative estimate of drug-likeness (QED) is 0.543. The summed E-state index contributed by atoms with van der Waals surface area (Å²) in [5.41, 5.74) is 1.10. The van der Waals surface area contributed by atoms with Crippen molar-refractivity contribution in [1.82, 2.24) is 25.0 Å². The Morgan fingerprint density at radius 2 is 2.00 bits per heavy atom. The highest BCUT2D eigenvalue weighted by Crippen LogP contribution is 2.37. The third-order valence-electron chi connectivity index (χ3n) is 4.96. The minimum atomic E-state index is -4.20. The second-order valence-corrected chi connectivity index (χ2v) is 8.27. The van der Waals surface area contributed by atoms with Crippen LogP contribution in [0.1, 0.15) is 44.6 Å². The number of anilines is 1. The zero-order chi connectivity index (χ0) is 19.0. The molecule has 0 bridgehead atoms. The maximum Gasteiger partial charge on any atom is 0.389 e. The summed E-state index contributed by atoms with van der Waals surface area (Å²) in [5, 5.41) is 21.4. The van der Waals surface area contributed by atoms with Gasteiger partial charge in [-0.1, -0.05) is 17.0 Å². The van der Waals surface area contributed by atoms with Crippen LogP contribution >= 0.6 is 11.8 Å². The molecule has 27 heavy (non-hydrogen) atoms. The van der Waals surface area contributed by atoms with Crippen LogP contribution in [-0.2, 0) is 0 Å². The van der Waals surface area contributed by atoms with E-state index in [1.165, 1.54) is 0 Å². The maximum absolute atomic E-state index is 12.4. The Labute approximate surface area is 158 Å². The molecule has 0 aliphatic heterocycles. The van der Waals surface area contributed by atoms with Gasteiger partial charge in [0, 0.05) is 18.4 Å². The molecule has 2 atom stereocenters. The molecule has 0 saturated heterocycles. The molecule has 2 aliphatic rings. The van der Waals surface area contributed by atoms with Crippen molar-refractivity contribution in [2.75, 3.05) is 17.7 Å². The Kier molecular flexibility index (Phi) is 5.15. The van der Waals surface area contributed by atoms with Crippen LogP contribution in [-0.4, -0.2) is 54.6 Å². The molecule has 2 fully saturated rings. The van der Waals surface area contributed by atoms with Crippen LogP contribution in [0.2, 0.25) is 0 Å². The molecule has 0 spiro atoms. The van der Waals surface area contributed by atoms with Gasteiger partial charge in [-0.3, -0.25) is 0 Å². The van der Waals surface area contributed by atoms with Crippen LogP contribution in [0.3, 0.4) is 0 Å². The standard InChI is InChI=1S/C16H21F3N6OS/c17-16(18,19)5-6-27-15-21-13(20-10-2-3-10)12-14(22-15)25(24-23-12)11-4-1-9(7-11)8-26/h9-11,26H,1-8H2,(H,20,21,22). The Hall–Kier alpha value is -1.62. The van der Waals surface area contributed by atoms with Crippen LogP contribution in [0.5, 0.6) is 0 Å². The summed E-state index contributed by atoms with van der Waals surface area (Å²) in [7, 11) is 0. The van der Waals surface area contributed by atoms with E-state index >= 15 is 0 Å². The molecule has 2 aromatic heterocycles. The summed E-state index contributed by atoms with van der Waals surface area (Å²) in [6.45, 7) is 0.144. The molecular weight excluding hydrogens is 381 g/mol. The molecule has 148 valence electrons. The number of hydrogen-bond donors (Lipinski definition) is 2. The second-order valence-electron chi connectivity index (χ2n) is 7.21. The lowest BCUT2D eigenvalue weighted by molar-refractivity contribution is -0.129. The molecule has 0 radical (unpaired) electrons. The van der Waals surface area contributed by atoms with Crippen molar-refractivity contribution in [3.8, 4) is 0 Å². The average Bonchev–Trinajstić information content (AvgIpc) is 3.13. The first-order chi connectivity index (χ1) is 12.9. The third kappa shape index (κ3) is 4.45. The number of rotatable bonds is 7. The summed E-state index contributed by atoms with van der Waals surface area (Å²) in [5.74, 6) is 0.649. The number of halogens is 3. The number of thioether (sulfide) groups is 1. The van der Waals surface area contributed by atoms with E-state index in [0.717, 1.165) is 43.9 Å². The summed E-state index contributed by atoms with van der Waals surface area (Å²) in [6.07, 6.45) is -0.431. The third-order valence-corrected chi connectivity index (χ3v) is 5.80. The SMILES string of the molecule is OCC1CCC(n2nnc3c(NC4CC4)nc(SCCC(F)(F)F)nc32)C1. The van der Waals surface area contributed by atoms with E-state index < -0.39 is 12.6 Å². The zero-order valence-electron chi connectivity index (χ0n) is 14.6. The van der Waals surface area contributed by atoms with Crippen molar-refractivity contribution >= 4 is 28.7 Å². The van der Waals surface area contributed by atoms with Crippen molar-refractivity contribution in [1.29, 1.82) is 0 Å². The zero-order valence-corrected chi connectivity index (χ0v) is 15.4. The molecular formula is C16H21F3N6OS. The Morgan fingerprint density at radius 1 is 1.19 bits per heavy atom. The summed E-state index contributed by atoms with van der Waals surface area (Å²) >= 11 is 0.992. The smallest absolute Gasteiger partial charge is 0.389 e. The number of hydrogen-bond acceptors (Lipinski definition) is 7. The number of aromatic nitrogens is 5. The van der Waals surface area contributed by atoms with E-state index in [1.807, 2.05) is 0 Å². The van der Waals surface area contributed by atoms with Crippen LogP contribution in [0, 0.1) is 5.92 Å². The van der Waals surface area contributed by atoms with Gasteiger partial charge < -0.3 is 10.4 Å². The van der Waals surface area contributed by atoms with Crippen molar-refractivity contribution in [2.24, 2.45) is 5.92 Å². The number of aliphatic hydroxyl groups excluding tert-OH is 1. The summed E-state index contributed by atoms with van der Waals surface area (Å²) in [4.78, 5) is 8.85. The Bertz CT molecular complexity index is 809. The maximum atomic E-state index is 12.4. The van der Waals surface area contributed by atoms with Gasteiger partial charge in [0.05, 0.1) is 12.5 Å². The summed E-state index contributed by atoms with van der Waals surface area (Å²) < 4.78 is 39.1. The molecule has 4 rings (SSSR count). The van der Waals surface area contributed by atoms with E-state index in [4.69, 9.17) is 0 Å². The molecule has 7 nitrogen and oxygen atoms in total. The van der Waals surface area contributed by atoms with E-state index in [0.29, 0.717) is 28.2 Å². The van der Waals surface area contributed by atoms with E-state index in [1.54, 1.807) is 4.68 Å². The second kappa shape index (κ2) is 7.42. The van der Waals surface area contributed by atoms with Crippen LogP contribution in [0.25, 0.3) is 11.2 Å². The predicted molar refractivity (Wildman–Crippen MR) is 94.6 cm³/mol. The van der Waals surface area contributed by atoms with Gasteiger partial charge in [-0.05, 0) is 38.0 Å². The normalized spacial score (nSPS) is 23.3. The lowest BCUT2D eigenvalue weighted by Gasteiger charge is -2.12. The monoisotopic (exact) mass is 402 g/mol. The molecule has 2 saturated carbocycles. The average molecular weight is 402 g/mol. The van der Waals surface area contributed by atoms with E-state index in [2.05, 4.69) is 25.6 Å². The van der Waals surface area contributed by atoms with Crippen molar-refractivity contribution < 1.29 is 18.3 Å². The molecule has 2 heterocycles. The Morgan fingerprint density at radius 3 is 2.67 bits per heavy atom. The number of alkyl halides is 3. The van der Waals surface area contributed by atoms with Crippen molar-refractivity contribution in [3.05, 3.63) is 0 Å². The van der Waals surface area contributed by atoms with Gasteiger partial charge in [0.15, 0.2) is 22.1 Å². The Balaban J connectivity index is 1.61. The fraction of sp³-hybridized carbons (Fsp3) is 0.750. The first kappa shape index (κ1) is 18.7. The highest BCUT2D eigenvalue weighted by Gasteiger charge is 2.30. The van der Waals surface area contributed by atoms with Crippen molar-refractivity contribution in [3.63, 3.8) is 0 Å².